The number of hydrogen-bond donors (Lipinski definition) is 3. The highest BCUT2D eigenvalue weighted by Gasteiger charge is 2.16. The summed E-state index contributed by atoms with van der Waals surface area (Å²) in [5.74, 6) is -0.498. The highest BCUT2D eigenvalue weighted by Crippen LogP contribution is 2.21. The first-order valence-corrected chi connectivity index (χ1v) is 8.46. The summed E-state index contributed by atoms with van der Waals surface area (Å²) >= 11 is 0. The van der Waals surface area contributed by atoms with Crippen LogP contribution < -0.4 is 25.8 Å². The Morgan fingerprint density at radius 3 is 2.61 bits per heavy atom. The number of benzene rings is 2. The van der Waals surface area contributed by atoms with Crippen molar-refractivity contribution in [1.82, 2.24) is 4.98 Å². The Balaban J connectivity index is 1.76. The van der Waals surface area contributed by atoms with E-state index in [9.17, 15) is 9.60 Å². The van der Waals surface area contributed by atoms with Crippen molar-refractivity contribution in [1.29, 1.82) is 0 Å². The summed E-state index contributed by atoms with van der Waals surface area (Å²) in [5.41, 5.74) is 7.28. The number of nitrogens with two attached hydrogens (primary N) is 1. The maximum absolute atomic E-state index is 14.1. The van der Waals surface area contributed by atoms with Gasteiger partial charge in [-0.3, -0.25) is 10.6 Å². The molecule has 0 aliphatic heterocycles. The van der Waals surface area contributed by atoms with Gasteiger partial charge in [-0.2, -0.15) is 4.39 Å². The molecule has 8 nitrogen and oxygen atoms in total. The summed E-state index contributed by atoms with van der Waals surface area (Å²) in [6.45, 7) is 0.918. The van der Waals surface area contributed by atoms with Crippen molar-refractivity contribution in [3.63, 3.8) is 0 Å². The molecule has 9 heteroatoms. The van der Waals surface area contributed by atoms with Crippen LogP contribution in [0, 0.1) is 11.0 Å². The van der Waals surface area contributed by atoms with Crippen LogP contribution in [0.3, 0.4) is 0 Å². The SMILES string of the molecule is COCCOc1ccc(Nc2ncc(F)c(Nc3cccc(N)c3)[n+]2[O-])cc1. The Kier molecular flexibility index (Phi) is 6.07. The molecule has 3 aromatic rings. The van der Waals surface area contributed by atoms with Gasteiger partial charge >= 0.3 is 5.95 Å². The Labute approximate surface area is 161 Å². The fourth-order valence-corrected chi connectivity index (χ4v) is 2.39. The summed E-state index contributed by atoms with van der Waals surface area (Å²) in [6, 6.07) is 13.6. The standard InChI is InChI=1S/C19H20FN5O3/c1-27-9-10-28-16-7-5-14(6-8-16)24-19-22-12-17(20)18(25(19)26)23-15-4-2-3-13(21)11-15/h2-8,11-12,23H,9-10,21H2,1H3,(H,22,24). The van der Waals surface area contributed by atoms with Crippen LogP contribution in [0.4, 0.5) is 33.2 Å². The molecule has 2 aromatic carbocycles. The summed E-state index contributed by atoms with van der Waals surface area (Å²) < 4.78 is 24.9. The lowest BCUT2D eigenvalue weighted by Crippen LogP contribution is -2.35. The predicted octanol–water partition coefficient (Wildman–Crippen LogP) is 2.95. The first kappa shape index (κ1) is 19.2. The van der Waals surface area contributed by atoms with Crippen LogP contribution in [0.5, 0.6) is 5.75 Å². The number of nitrogen functional groups attached to an aromatic ring is 1. The van der Waals surface area contributed by atoms with Crippen LogP contribution in [-0.2, 0) is 4.74 Å². The summed E-state index contributed by atoms with van der Waals surface area (Å²) in [6.07, 6.45) is 0.966. The molecular weight excluding hydrogens is 365 g/mol. The third-order valence-electron chi connectivity index (χ3n) is 3.74. The molecule has 28 heavy (non-hydrogen) atoms. The van der Waals surface area contributed by atoms with Gasteiger partial charge in [0.25, 0.3) is 0 Å². The van der Waals surface area contributed by atoms with Crippen LogP contribution in [0.2, 0.25) is 0 Å². The highest BCUT2D eigenvalue weighted by atomic mass is 19.1. The van der Waals surface area contributed by atoms with E-state index in [1.54, 1.807) is 55.6 Å². The zero-order valence-electron chi connectivity index (χ0n) is 15.2. The minimum atomic E-state index is -0.787. The van der Waals surface area contributed by atoms with E-state index < -0.39 is 5.82 Å². The molecule has 0 saturated heterocycles. The van der Waals surface area contributed by atoms with Crippen LogP contribution in [-0.4, -0.2) is 25.3 Å². The van der Waals surface area contributed by atoms with Gasteiger partial charge in [0, 0.05) is 12.8 Å². The molecule has 3 rings (SSSR count). The molecular formula is C19H20FN5O3. The molecule has 0 bridgehead atoms. The number of rotatable bonds is 8. The van der Waals surface area contributed by atoms with E-state index in [1.165, 1.54) is 0 Å². The quantitative estimate of drug-likeness (QED) is 0.237. The minimum absolute atomic E-state index is 0.0825. The van der Waals surface area contributed by atoms with E-state index in [-0.39, 0.29) is 11.8 Å². The number of hydrogen-bond acceptors (Lipinski definition) is 7. The molecule has 4 N–H and O–H groups in total. The lowest BCUT2D eigenvalue weighted by molar-refractivity contribution is -0.579. The highest BCUT2D eigenvalue weighted by molar-refractivity contribution is 5.61. The lowest BCUT2D eigenvalue weighted by atomic mass is 10.3. The van der Waals surface area contributed by atoms with Crippen LogP contribution in [0.1, 0.15) is 0 Å². The van der Waals surface area contributed by atoms with Crippen molar-refractivity contribution in [2.75, 3.05) is 36.7 Å². The van der Waals surface area contributed by atoms with E-state index in [2.05, 4.69) is 15.6 Å². The summed E-state index contributed by atoms with van der Waals surface area (Å²) in [4.78, 5) is 3.83. The number of anilines is 5. The third-order valence-corrected chi connectivity index (χ3v) is 3.74. The minimum Gasteiger partial charge on any atom is -0.754 e. The maximum Gasteiger partial charge on any atom is 0.351 e. The Morgan fingerprint density at radius 2 is 1.89 bits per heavy atom. The largest absolute Gasteiger partial charge is 0.754 e. The molecule has 1 aromatic heterocycles. The van der Waals surface area contributed by atoms with Gasteiger partial charge in [0.05, 0.1) is 18.0 Å². The fourth-order valence-electron chi connectivity index (χ4n) is 2.39. The van der Waals surface area contributed by atoms with Gasteiger partial charge in [0.2, 0.25) is 11.6 Å². The molecule has 0 aliphatic carbocycles. The van der Waals surface area contributed by atoms with Gasteiger partial charge in [-0.25, -0.2) is 4.73 Å². The van der Waals surface area contributed by atoms with E-state index >= 15 is 0 Å². The number of aromatic nitrogens is 2. The Bertz CT molecular complexity index is 937. The van der Waals surface area contributed by atoms with Crippen LogP contribution >= 0.6 is 0 Å². The average molecular weight is 385 g/mol. The molecule has 1 heterocycles. The normalized spacial score (nSPS) is 10.5. The van der Waals surface area contributed by atoms with Gasteiger partial charge in [-0.15, -0.1) is 4.98 Å². The summed E-state index contributed by atoms with van der Waals surface area (Å²) in [7, 11) is 1.60. The molecule has 0 atom stereocenters. The second-order valence-corrected chi connectivity index (χ2v) is 5.81. The Hall–Kier alpha value is -3.59. The van der Waals surface area contributed by atoms with Crippen molar-refractivity contribution >= 4 is 28.8 Å². The molecule has 0 aliphatic rings. The van der Waals surface area contributed by atoms with E-state index in [1.807, 2.05) is 0 Å². The van der Waals surface area contributed by atoms with Crippen LogP contribution in [0.15, 0.2) is 54.7 Å². The number of halogens is 1. The monoisotopic (exact) mass is 385 g/mol. The average Bonchev–Trinajstić information content (AvgIpc) is 2.69. The second-order valence-electron chi connectivity index (χ2n) is 5.81. The second kappa shape index (κ2) is 8.87. The molecule has 0 fully saturated rings. The maximum atomic E-state index is 14.1. The number of nitrogens with zero attached hydrogens (tertiary/aromatic N) is 2. The Morgan fingerprint density at radius 1 is 1.11 bits per heavy atom. The molecule has 146 valence electrons. The van der Waals surface area contributed by atoms with E-state index in [0.717, 1.165) is 6.20 Å². The zero-order valence-corrected chi connectivity index (χ0v) is 15.2. The van der Waals surface area contributed by atoms with E-state index in [0.29, 0.717) is 40.8 Å². The van der Waals surface area contributed by atoms with Gasteiger partial charge in [0.1, 0.15) is 18.6 Å². The van der Waals surface area contributed by atoms with Crippen molar-refractivity contribution in [3.8, 4) is 5.75 Å². The number of methoxy groups -OCH3 is 1. The van der Waals surface area contributed by atoms with Gasteiger partial charge in [-0.1, -0.05) is 6.07 Å². The van der Waals surface area contributed by atoms with Crippen molar-refractivity contribution in [2.24, 2.45) is 0 Å². The third kappa shape index (κ3) is 4.77. The van der Waals surface area contributed by atoms with Crippen molar-refractivity contribution < 1.29 is 18.6 Å². The first-order valence-electron chi connectivity index (χ1n) is 8.46. The molecule has 0 amide bonds. The molecule has 0 radical (unpaired) electrons. The van der Waals surface area contributed by atoms with Gasteiger partial charge in [-0.05, 0) is 42.5 Å². The smallest absolute Gasteiger partial charge is 0.351 e. The van der Waals surface area contributed by atoms with Crippen LogP contribution in [0.25, 0.3) is 0 Å². The topological polar surface area (TPSA) is 108 Å². The first-order chi connectivity index (χ1) is 13.6. The van der Waals surface area contributed by atoms with Gasteiger partial charge in [0.15, 0.2) is 0 Å². The number of nitrogens with one attached hydrogen (secondary N) is 2. The lowest BCUT2D eigenvalue weighted by Gasteiger charge is -2.16. The molecule has 0 spiro atoms. The summed E-state index contributed by atoms with van der Waals surface area (Å²) in [5, 5.41) is 18.1. The molecule has 0 saturated carbocycles. The molecule has 0 unspecified atom stereocenters. The van der Waals surface area contributed by atoms with Gasteiger partial charge < -0.3 is 20.4 Å². The zero-order chi connectivity index (χ0) is 19.9. The predicted molar refractivity (Wildman–Crippen MR) is 104 cm³/mol. The van der Waals surface area contributed by atoms with Crippen molar-refractivity contribution in [3.05, 3.63) is 65.8 Å². The van der Waals surface area contributed by atoms with E-state index in [4.69, 9.17) is 15.2 Å². The van der Waals surface area contributed by atoms with Crippen molar-refractivity contribution in [2.45, 2.75) is 0 Å². The fraction of sp³-hybridized carbons (Fsp3) is 0.158. The number of ether oxygens (including phenoxy) is 2.